The van der Waals surface area contributed by atoms with Gasteiger partial charge in [-0.2, -0.15) is 0 Å². The van der Waals surface area contributed by atoms with Crippen LogP contribution in [0.3, 0.4) is 0 Å². The molecule has 0 aliphatic carbocycles. The Morgan fingerprint density at radius 1 is 0.857 bits per heavy atom. The van der Waals surface area contributed by atoms with Gasteiger partial charge < -0.3 is 15.2 Å². The molecule has 0 aromatic heterocycles. The van der Waals surface area contributed by atoms with Gasteiger partial charge in [0.15, 0.2) is 0 Å². The lowest BCUT2D eigenvalue weighted by atomic mass is 10.0. The molecule has 5 nitrogen and oxygen atoms in total. The van der Waals surface area contributed by atoms with Crippen LogP contribution in [-0.4, -0.2) is 23.0 Å². The Kier molecular flexibility index (Phi) is 6.41. The number of benzene rings is 3. The Bertz CT molecular complexity index is 926. The summed E-state index contributed by atoms with van der Waals surface area (Å²) in [4.78, 5) is 23.9. The third-order valence-electron chi connectivity index (χ3n) is 4.23. The van der Waals surface area contributed by atoms with Crippen molar-refractivity contribution in [2.45, 2.75) is 19.1 Å². The topological polar surface area (TPSA) is 75.6 Å². The fraction of sp³-hybridized carbons (Fsp3) is 0.130. The molecule has 0 spiro atoms. The van der Waals surface area contributed by atoms with Crippen molar-refractivity contribution >= 4 is 11.9 Å². The third kappa shape index (κ3) is 5.45. The van der Waals surface area contributed by atoms with E-state index in [9.17, 15) is 14.7 Å². The quantitative estimate of drug-likeness (QED) is 0.630. The first kappa shape index (κ1) is 19.2. The maximum atomic E-state index is 12.3. The first-order valence-electron chi connectivity index (χ1n) is 8.96. The average Bonchev–Trinajstić information content (AvgIpc) is 2.73. The van der Waals surface area contributed by atoms with Gasteiger partial charge in [0.2, 0.25) is 0 Å². The lowest BCUT2D eigenvalue weighted by Crippen LogP contribution is -2.42. The molecule has 3 rings (SSSR count). The molecular weight excluding hydrogens is 354 g/mol. The number of ether oxygens (including phenoxy) is 1. The van der Waals surface area contributed by atoms with E-state index in [-0.39, 0.29) is 6.42 Å². The molecule has 1 amide bonds. The van der Waals surface area contributed by atoms with Crippen LogP contribution in [-0.2, 0) is 17.8 Å². The van der Waals surface area contributed by atoms with Crippen LogP contribution in [0.1, 0.15) is 21.5 Å². The van der Waals surface area contributed by atoms with Crippen LogP contribution in [0.2, 0.25) is 0 Å². The van der Waals surface area contributed by atoms with E-state index in [1.165, 1.54) is 0 Å². The summed E-state index contributed by atoms with van der Waals surface area (Å²) < 4.78 is 5.79. The standard InChI is InChI=1S/C23H21NO4/c25-22(19-11-5-2-6-12-19)24-21(23(26)27)15-18-10-7-13-20(14-18)28-16-17-8-3-1-4-9-17/h1-14,21H,15-16H2,(H,24,25)(H,26,27)/t21-/m1/s1. The molecule has 0 fully saturated rings. The zero-order valence-electron chi connectivity index (χ0n) is 15.2. The Morgan fingerprint density at radius 3 is 2.18 bits per heavy atom. The number of hydrogen-bond acceptors (Lipinski definition) is 3. The van der Waals surface area contributed by atoms with Gasteiger partial charge in [-0.1, -0.05) is 60.7 Å². The summed E-state index contributed by atoms with van der Waals surface area (Å²) in [5.41, 5.74) is 2.24. The van der Waals surface area contributed by atoms with Gasteiger partial charge in [-0.05, 0) is 35.4 Å². The predicted octanol–water partition coefficient (Wildman–Crippen LogP) is 3.69. The second-order valence-electron chi connectivity index (χ2n) is 6.36. The van der Waals surface area contributed by atoms with Gasteiger partial charge in [0.05, 0.1) is 0 Å². The van der Waals surface area contributed by atoms with E-state index < -0.39 is 17.9 Å². The van der Waals surface area contributed by atoms with Gasteiger partial charge in [0.1, 0.15) is 18.4 Å². The van der Waals surface area contributed by atoms with Gasteiger partial charge in [-0.3, -0.25) is 4.79 Å². The number of carboxylic acids is 1. The second kappa shape index (κ2) is 9.37. The van der Waals surface area contributed by atoms with Gasteiger partial charge in [-0.15, -0.1) is 0 Å². The van der Waals surface area contributed by atoms with Crippen molar-refractivity contribution in [1.29, 1.82) is 0 Å². The summed E-state index contributed by atoms with van der Waals surface area (Å²) in [6.07, 6.45) is 0.163. The molecule has 0 saturated carbocycles. The van der Waals surface area contributed by atoms with Crippen molar-refractivity contribution in [2.24, 2.45) is 0 Å². The summed E-state index contributed by atoms with van der Waals surface area (Å²) in [5.74, 6) is -0.843. The highest BCUT2D eigenvalue weighted by atomic mass is 16.5. The lowest BCUT2D eigenvalue weighted by Gasteiger charge is -2.15. The number of rotatable bonds is 8. The normalized spacial score (nSPS) is 11.4. The molecule has 28 heavy (non-hydrogen) atoms. The lowest BCUT2D eigenvalue weighted by molar-refractivity contribution is -0.139. The number of carbonyl (C=O) groups is 2. The fourth-order valence-corrected chi connectivity index (χ4v) is 2.77. The zero-order chi connectivity index (χ0) is 19.8. The molecule has 0 saturated heterocycles. The highest BCUT2D eigenvalue weighted by Gasteiger charge is 2.21. The Hall–Kier alpha value is -3.60. The summed E-state index contributed by atoms with van der Waals surface area (Å²) >= 11 is 0. The number of nitrogens with one attached hydrogen (secondary N) is 1. The minimum Gasteiger partial charge on any atom is -0.489 e. The number of hydrogen-bond donors (Lipinski definition) is 2. The minimum absolute atomic E-state index is 0.163. The van der Waals surface area contributed by atoms with E-state index >= 15 is 0 Å². The number of carboxylic acid groups (broad SMARTS) is 1. The SMILES string of the molecule is O=C(N[C@H](Cc1cccc(OCc2ccccc2)c1)C(=O)O)c1ccccc1. The highest BCUT2D eigenvalue weighted by molar-refractivity contribution is 5.96. The Labute approximate surface area is 163 Å². The molecule has 2 N–H and O–H groups in total. The Balaban J connectivity index is 1.64. The van der Waals surface area contributed by atoms with Crippen LogP contribution in [0.4, 0.5) is 0 Å². The molecule has 0 aliphatic rings. The Morgan fingerprint density at radius 2 is 1.50 bits per heavy atom. The molecule has 3 aromatic carbocycles. The van der Waals surface area contributed by atoms with E-state index in [4.69, 9.17) is 4.74 Å². The largest absolute Gasteiger partial charge is 0.489 e. The van der Waals surface area contributed by atoms with Crippen molar-refractivity contribution in [2.75, 3.05) is 0 Å². The molecule has 0 radical (unpaired) electrons. The molecular formula is C23H21NO4. The molecule has 0 unspecified atom stereocenters. The molecule has 142 valence electrons. The van der Waals surface area contributed by atoms with E-state index in [2.05, 4.69) is 5.32 Å². The molecule has 0 heterocycles. The van der Waals surface area contributed by atoms with Crippen molar-refractivity contribution in [3.63, 3.8) is 0 Å². The van der Waals surface area contributed by atoms with Crippen LogP contribution < -0.4 is 10.1 Å². The molecule has 3 aromatic rings. The van der Waals surface area contributed by atoms with E-state index in [0.717, 1.165) is 11.1 Å². The third-order valence-corrected chi connectivity index (χ3v) is 4.23. The first-order chi connectivity index (χ1) is 13.6. The number of carbonyl (C=O) groups excluding carboxylic acids is 1. The second-order valence-corrected chi connectivity index (χ2v) is 6.36. The average molecular weight is 375 g/mol. The van der Waals surface area contributed by atoms with Gasteiger partial charge in [0, 0.05) is 12.0 Å². The van der Waals surface area contributed by atoms with Crippen molar-refractivity contribution in [3.05, 3.63) is 102 Å². The maximum absolute atomic E-state index is 12.3. The monoisotopic (exact) mass is 375 g/mol. The van der Waals surface area contributed by atoms with Gasteiger partial charge in [0.25, 0.3) is 5.91 Å². The molecule has 0 aliphatic heterocycles. The summed E-state index contributed by atoms with van der Waals surface area (Å²) in [7, 11) is 0. The maximum Gasteiger partial charge on any atom is 0.326 e. The molecule has 1 atom stereocenters. The molecule has 5 heteroatoms. The van der Waals surface area contributed by atoms with Crippen LogP contribution in [0.15, 0.2) is 84.9 Å². The smallest absolute Gasteiger partial charge is 0.326 e. The van der Waals surface area contributed by atoms with E-state index in [1.54, 1.807) is 36.4 Å². The zero-order valence-corrected chi connectivity index (χ0v) is 15.2. The van der Waals surface area contributed by atoms with Crippen LogP contribution in [0, 0.1) is 0 Å². The summed E-state index contributed by atoms with van der Waals surface area (Å²) in [6.45, 7) is 0.428. The summed E-state index contributed by atoms with van der Waals surface area (Å²) in [6, 6.07) is 24.6. The molecule has 0 bridgehead atoms. The first-order valence-corrected chi connectivity index (χ1v) is 8.96. The van der Waals surface area contributed by atoms with Crippen molar-refractivity contribution in [1.82, 2.24) is 5.32 Å². The number of aliphatic carboxylic acids is 1. The summed E-state index contributed by atoms with van der Waals surface area (Å²) in [5, 5.41) is 12.1. The minimum atomic E-state index is -1.08. The van der Waals surface area contributed by atoms with Crippen molar-refractivity contribution < 1.29 is 19.4 Å². The predicted molar refractivity (Wildman–Crippen MR) is 106 cm³/mol. The fourth-order valence-electron chi connectivity index (χ4n) is 2.77. The van der Waals surface area contributed by atoms with Crippen LogP contribution >= 0.6 is 0 Å². The van der Waals surface area contributed by atoms with Gasteiger partial charge >= 0.3 is 5.97 Å². The van der Waals surface area contributed by atoms with E-state index in [0.29, 0.717) is 17.9 Å². The number of amides is 1. The highest BCUT2D eigenvalue weighted by Crippen LogP contribution is 2.17. The van der Waals surface area contributed by atoms with Crippen LogP contribution in [0.5, 0.6) is 5.75 Å². The van der Waals surface area contributed by atoms with Crippen LogP contribution in [0.25, 0.3) is 0 Å². The van der Waals surface area contributed by atoms with E-state index in [1.807, 2.05) is 48.5 Å². The van der Waals surface area contributed by atoms with Crippen molar-refractivity contribution in [3.8, 4) is 5.75 Å². The van der Waals surface area contributed by atoms with Gasteiger partial charge in [-0.25, -0.2) is 4.79 Å².